The first kappa shape index (κ1) is 15.5. The monoisotopic (exact) mass is 274 g/mol. The lowest BCUT2D eigenvalue weighted by Crippen LogP contribution is -2.47. The Balaban J connectivity index is 1.74. The van der Waals surface area contributed by atoms with Crippen LogP contribution >= 0.6 is 0 Å². The zero-order valence-corrected chi connectivity index (χ0v) is 13.1. The predicted molar refractivity (Wildman–Crippen MR) is 87.1 cm³/mol. The van der Waals surface area contributed by atoms with Crippen molar-refractivity contribution in [3.05, 3.63) is 35.9 Å². The van der Waals surface area contributed by atoms with Crippen molar-refractivity contribution in [3.8, 4) is 0 Å². The van der Waals surface area contributed by atoms with Gasteiger partial charge in [-0.05, 0) is 44.3 Å². The van der Waals surface area contributed by atoms with E-state index in [1.807, 2.05) is 0 Å². The van der Waals surface area contributed by atoms with Gasteiger partial charge in [0.15, 0.2) is 0 Å². The summed E-state index contributed by atoms with van der Waals surface area (Å²) in [6.45, 7) is 8.17. The molecule has 20 heavy (non-hydrogen) atoms. The van der Waals surface area contributed by atoms with Crippen molar-refractivity contribution in [3.63, 3.8) is 0 Å². The molecule has 1 aromatic rings. The molecule has 0 amide bonds. The maximum atomic E-state index is 3.61. The first-order valence-electron chi connectivity index (χ1n) is 8.27. The average Bonchev–Trinajstić information content (AvgIpc) is 2.47. The van der Waals surface area contributed by atoms with Crippen LogP contribution in [0.1, 0.15) is 45.1 Å². The number of benzene rings is 1. The molecular formula is C18H30N2. The van der Waals surface area contributed by atoms with E-state index >= 15 is 0 Å². The van der Waals surface area contributed by atoms with Crippen molar-refractivity contribution in [1.82, 2.24) is 10.2 Å². The maximum absolute atomic E-state index is 3.61. The van der Waals surface area contributed by atoms with Gasteiger partial charge in [-0.2, -0.15) is 0 Å². The minimum absolute atomic E-state index is 0.600. The van der Waals surface area contributed by atoms with Gasteiger partial charge in [0, 0.05) is 18.6 Å². The van der Waals surface area contributed by atoms with Crippen LogP contribution in [-0.4, -0.2) is 36.6 Å². The van der Waals surface area contributed by atoms with E-state index in [0.717, 1.165) is 12.6 Å². The average molecular weight is 274 g/mol. The van der Waals surface area contributed by atoms with Crippen LogP contribution in [0.4, 0.5) is 0 Å². The van der Waals surface area contributed by atoms with E-state index in [-0.39, 0.29) is 0 Å². The minimum Gasteiger partial charge on any atom is -0.313 e. The smallest absolute Gasteiger partial charge is 0.0220 e. The lowest BCUT2D eigenvalue weighted by molar-refractivity contribution is 0.142. The molecule has 1 saturated heterocycles. The SMILES string of the molecule is CC(C)NCC1CCCCN1CCCc1ccccc1. The van der Waals surface area contributed by atoms with Gasteiger partial charge in [-0.3, -0.25) is 4.90 Å². The summed E-state index contributed by atoms with van der Waals surface area (Å²) in [6.07, 6.45) is 6.64. The van der Waals surface area contributed by atoms with Gasteiger partial charge >= 0.3 is 0 Å². The van der Waals surface area contributed by atoms with Crippen molar-refractivity contribution in [1.29, 1.82) is 0 Å². The van der Waals surface area contributed by atoms with Crippen LogP contribution in [0.2, 0.25) is 0 Å². The van der Waals surface area contributed by atoms with Gasteiger partial charge in [0.05, 0.1) is 0 Å². The highest BCUT2D eigenvalue weighted by Crippen LogP contribution is 2.17. The molecule has 2 nitrogen and oxygen atoms in total. The Morgan fingerprint density at radius 3 is 2.75 bits per heavy atom. The van der Waals surface area contributed by atoms with Crippen LogP contribution in [0.5, 0.6) is 0 Å². The zero-order chi connectivity index (χ0) is 14.2. The van der Waals surface area contributed by atoms with Crippen LogP contribution in [0.3, 0.4) is 0 Å². The molecule has 1 aromatic carbocycles. The fourth-order valence-electron chi connectivity index (χ4n) is 3.09. The number of hydrogen-bond donors (Lipinski definition) is 1. The Labute approximate surface area is 124 Å². The Morgan fingerprint density at radius 2 is 2.00 bits per heavy atom. The first-order chi connectivity index (χ1) is 9.75. The van der Waals surface area contributed by atoms with E-state index in [0.29, 0.717) is 6.04 Å². The number of rotatable bonds is 7. The van der Waals surface area contributed by atoms with Crippen LogP contribution in [0, 0.1) is 0 Å². The summed E-state index contributed by atoms with van der Waals surface area (Å²) in [5.41, 5.74) is 1.47. The van der Waals surface area contributed by atoms with Gasteiger partial charge in [0.1, 0.15) is 0 Å². The Morgan fingerprint density at radius 1 is 1.20 bits per heavy atom. The van der Waals surface area contributed by atoms with E-state index in [4.69, 9.17) is 0 Å². The molecule has 0 aliphatic carbocycles. The van der Waals surface area contributed by atoms with Crippen molar-refractivity contribution < 1.29 is 0 Å². The topological polar surface area (TPSA) is 15.3 Å². The third-order valence-electron chi connectivity index (χ3n) is 4.26. The van der Waals surface area contributed by atoms with Gasteiger partial charge in [-0.1, -0.05) is 50.6 Å². The molecule has 1 heterocycles. The Hall–Kier alpha value is -0.860. The molecule has 2 heteroatoms. The minimum atomic E-state index is 0.600. The molecular weight excluding hydrogens is 244 g/mol. The molecule has 0 bridgehead atoms. The summed E-state index contributed by atoms with van der Waals surface area (Å²) in [5, 5.41) is 3.61. The number of aryl methyl sites for hydroxylation is 1. The number of hydrogen-bond acceptors (Lipinski definition) is 2. The van der Waals surface area contributed by atoms with Crippen molar-refractivity contribution in [2.75, 3.05) is 19.6 Å². The van der Waals surface area contributed by atoms with Gasteiger partial charge in [0.2, 0.25) is 0 Å². The predicted octanol–water partition coefficient (Wildman–Crippen LogP) is 3.47. The molecule has 1 fully saturated rings. The molecule has 112 valence electrons. The van der Waals surface area contributed by atoms with Gasteiger partial charge in [0.25, 0.3) is 0 Å². The highest BCUT2D eigenvalue weighted by Gasteiger charge is 2.21. The van der Waals surface area contributed by atoms with Crippen molar-refractivity contribution in [2.24, 2.45) is 0 Å². The van der Waals surface area contributed by atoms with E-state index in [1.54, 1.807) is 0 Å². The Bertz CT molecular complexity index is 361. The summed E-state index contributed by atoms with van der Waals surface area (Å²) in [6, 6.07) is 12.2. The lowest BCUT2D eigenvalue weighted by Gasteiger charge is -2.36. The van der Waals surface area contributed by atoms with Crippen LogP contribution in [-0.2, 0) is 6.42 Å². The standard InChI is InChI=1S/C18H30N2/c1-16(2)19-15-18-12-6-7-13-20(18)14-8-11-17-9-4-3-5-10-17/h3-5,9-10,16,18-19H,6-8,11-15H2,1-2H3. The van der Waals surface area contributed by atoms with Gasteiger partial charge in [-0.15, -0.1) is 0 Å². The molecule has 0 radical (unpaired) electrons. The first-order valence-corrected chi connectivity index (χ1v) is 8.27. The quantitative estimate of drug-likeness (QED) is 0.819. The fraction of sp³-hybridized carbons (Fsp3) is 0.667. The van der Waals surface area contributed by atoms with Crippen LogP contribution < -0.4 is 5.32 Å². The molecule has 1 aliphatic rings. The molecule has 0 saturated carbocycles. The lowest BCUT2D eigenvalue weighted by atomic mass is 10.0. The van der Waals surface area contributed by atoms with E-state index in [2.05, 4.69) is 54.4 Å². The summed E-state index contributed by atoms with van der Waals surface area (Å²) in [4.78, 5) is 2.71. The number of piperidine rings is 1. The molecule has 0 spiro atoms. The summed E-state index contributed by atoms with van der Waals surface area (Å²) in [5.74, 6) is 0. The zero-order valence-electron chi connectivity index (χ0n) is 13.1. The third kappa shape index (κ3) is 5.26. The van der Waals surface area contributed by atoms with Gasteiger partial charge in [-0.25, -0.2) is 0 Å². The molecule has 2 rings (SSSR count). The van der Waals surface area contributed by atoms with E-state index in [1.165, 1.54) is 50.8 Å². The molecule has 1 atom stereocenters. The summed E-state index contributed by atoms with van der Waals surface area (Å²) in [7, 11) is 0. The molecule has 1 N–H and O–H groups in total. The highest BCUT2D eigenvalue weighted by molar-refractivity contribution is 5.14. The summed E-state index contributed by atoms with van der Waals surface area (Å²) >= 11 is 0. The van der Waals surface area contributed by atoms with Gasteiger partial charge < -0.3 is 5.32 Å². The second-order valence-electron chi connectivity index (χ2n) is 6.34. The van der Waals surface area contributed by atoms with Crippen LogP contribution in [0.25, 0.3) is 0 Å². The number of nitrogens with one attached hydrogen (secondary N) is 1. The highest BCUT2D eigenvalue weighted by atomic mass is 15.2. The molecule has 1 aliphatic heterocycles. The third-order valence-corrected chi connectivity index (χ3v) is 4.26. The van der Waals surface area contributed by atoms with E-state index in [9.17, 15) is 0 Å². The molecule has 0 aromatic heterocycles. The summed E-state index contributed by atoms with van der Waals surface area (Å²) < 4.78 is 0. The Kier molecular flexibility index (Phi) is 6.55. The number of likely N-dealkylation sites (tertiary alicyclic amines) is 1. The van der Waals surface area contributed by atoms with E-state index < -0.39 is 0 Å². The largest absolute Gasteiger partial charge is 0.313 e. The van der Waals surface area contributed by atoms with Crippen molar-refractivity contribution >= 4 is 0 Å². The van der Waals surface area contributed by atoms with Crippen LogP contribution in [0.15, 0.2) is 30.3 Å². The molecule has 1 unspecified atom stereocenters. The second kappa shape index (κ2) is 8.43. The second-order valence-corrected chi connectivity index (χ2v) is 6.34. The van der Waals surface area contributed by atoms with Crippen molar-refractivity contribution in [2.45, 2.75) is 58.0 Å². The maximum Gasteiger partial charge on any atom is 0.0220 e. The normalized spacial score (nSPS) is 20.4. The fourth-order valence-corrected chi connectivity index (χ4v) is 3.09. The number of nitrogens with zero attached hydrogens (tertiary/aromatic N) is 1.